The van der Waals surface area contributed by atoms with E-state index >= 15 is 0 Å². The highest BCUT2D eigenvalue weighted by Crippen LogP contribution is 2.19. The largest absolute Gasteiger partial charge is 0.370 e. The lowest BCUT2D eigenvalue weighted by Crippen LogP contribution is -2.17. The maximum absolute atomic E-state index is 12.1. The Labute approximate surface area is 123 Å². The van der Waals surface area contributed by atoms with Crippen molar-refractivity contribution >= 4 is 16.6 Å². The third kappa shape index (κ3) is 1.86. The first-order valence-electron chi connectivity index (χ1n) is 6.92. The Bertz CT molecular complexity index is 1010. The number of fused-ring (bicyclic) bond motifs is 3. The van der Waals surface area contributed by atoms with Gasteiger partial charge in [-0.05, 0) is 34.5 Å². The standard InChI is InChI=1S/C13H12N8O/c1-2-3-7-4-5-9-8(6-7)12-15-10(11-16-19-20-17-11)18-21(12)13(22)14-9/h4-6H,2-3H2,1H3,(H,15,18)(H,16,17,19,20). The van der Waals surface area contributed by atoms with Crippen LogP contribution in [0.25, 0.3) is 28.2 Å². The van der Waals surface area contributed by atoms with Gasteiger partial charge in [0.15, 0.2) is 5.82 Å². The van der Waals surface area contributed by atoms with Crippen LogP contribution in [0, 0.1) is 0 Å². The number of hydrogen-bond donors (Lipinski definition) is 2. The van der Waals surface area contributed by atoms with E-state index in [4.69, 9.17) is 0 Å². The fourth-order valence-electron chi connectivity index (χ4n) is 2.49. The zero-order chi connectivity index (χ0) is 15.1. The molecule has 0 unspecified atom stereocenters. The Kier molecular flexibility index (Phi) is 2.71. The summed E-state index contributed by atoms with van der Waals surface area (Å²) in [5.74, 6) is 0.748. The van der Waals surface area contributed by atoms with Crippen molar-refractivity contribution in [3.05, 3.63) is 34.2 Å². The van der Waals surface area contributed by atoms with Gasteiger partial charge in [0.25, 0.3) is 0 Å². The molecule has 0 aliphatic carbocycles. The van der Waals surface area contributed by atoms with E-state index in [1.807, 2.05) is 18.2 Å². The van der Waals surface area contributed by atoms with E-state index in [1.165, 1.54) is 10.1 Å². The SMILES string of the molecule is CCCc1ccc2nc(=O)n3nc(-c4nnn[nH]4)[nH]c3c2c1. The fraction of sp³-hybridized carbons (Fsp3) is 0.231. The molecule has 0 atom stereocenters. The average Bonchev–Trinajstić information content (AvgIpc) is 3.17. The highest BCUT2D eigenvalue weighted by Gasteiger charge is 2.13. The number of tetrazole rings is 1. The van der Waals surface area contributed by atoms with Crippen LogP contribution in [0.4, 0.5) is 0 Å². The van der Waals surface area contributed by atoms with Crippen LogP contribution in [0.1, 0.15) is 18.9 Å². The van der Waals surface area contributed by atoms with Crippen LogP contribution in [0.3, 0.4) is 0 Å². The summed E-state index contributed by atoms with van der Waals surface area (Å²) < 4.78 is 1.23. The van der Waals surface area contributed by atoms with Crippen LogP contribution in [0.5, 0.6) is 0 Å². The summed E-state index contributed by atoms with van der Waals surface area (Å²) in [6.07, 6.45) is 2.01. The molecule has 0 aliphatic heterocycles. The third-order valence-corrected chi connectivity index (χ3v) is 3.47. The normalized spacial score (nSPS) is 11.5. The lowest BCUT2D eigenvalue weighted by molar-refractivity contribution is 0.879. The molecule has 0 saturated heterocycles. The Balaban J connectivity index is 2.04. The molecule has 3 aromatic heterocycles. The smallest absolute Gasteiger partial charge is 0.319 e. The molecule has 0 bridgehead atoms. The van der Waals surface area contributed by atoms with Crippen LogP contribution in [0.15, 0.2) is 23.0 Å². The summed E-state index contributed by atoms with van der Waals surface area (Å²) in [7, 11) is 0. The van der Waals surface area contributed by atoms with E-state index in [0.29, 0.717) is 22.8 Å². The van der Waals surface area contributed by atoms with Gasteiger partial charge in [-0.25, -0.2) is 9.89 Å². The van der Waals surface area contributed by atoms with Gasteiger partial charge in [-0.2, -0.15) is 9.50 Å². The number of rotatable bonds is 3. The molecule has 0 saturated carbocycles. The first-order chi connectivity index (χ1) is 10.8. The van der Waals surface area contributed by atoms with Gasteiger partial charge < -0.3 is 4.98 Å². The third-order valence-electron chi connectivity index (χ3n) is 3.47. The first kappa shape index (κ1) is 12.6. The van der Waals surface area contributed by atoms with Crippen LogP contribution in [-0.2, 0) is 6.42 Å². The number of benzene rings is 1. The minimum atomic E-state index is -0.444. The van der Waals surface area contributed by atoms with Gasteiger partial charge in [-0.1, -0.05) is 19.4 Å². The average molecular weight is 296 g/mol. The lowest BCUT2D eigenvalue weighted by atomic mass is 10.1. The molecule has 9 nitrogen and oxygen atoms in total. The summed E-state index contributed by atoms with van der Waals surface area (Å²) in [4.78, 5) is 19.2. The molecule has 0 spiro atoms. The number of nitrogens with one attached hydrogen (secondary N) is 2. The van der Waals surface area contributed by atoms with Gasteiger partial charge in [-0.15, -0.1) is 10.2 Å². The summed E-state index contributed by atoms with van der Waals surface area (Å²) in [5, 5.41) is 18.5. The molecule has 22 heavy (non-hydrogen) atoms. The van der Waals surface area contributed by atoms with Gasteiger partial charge in [0.05, 0.1) is 5.52 Å². The Morgan fingerprint density at radius 2 is 2.18 bits per heavy atom. The second-order valence-corrected chi connectivity index (χ2v) is 4.98. The zero-order valence-corrected chi connectivity index (χ0v) is 11.7. The second-order valence-electron chi connectivity index (χ2n) is 4.98. The zero-order valence-electron chi connectivity index (χ0n) is 11.7. The molecular formula is C13H12N8O. The van der Waals surface area contributed by atoms with Crippen molar-refractivity contribution in [2.75, 3.05) is 0 Å². The highest BCUT2D eigenvalue weighted by molar-refractivity contribution is 5.91. The van der Waals surface area contributed by atoms with Crippen molar-refractivity contribution in [2.45, 2.75) is 19.8 Å². The van der Waals surface area contributed by atoms with Gasteiger partial charge in [0.1, 0.15) is 5.65 Å². The van der Waals surface area contributed by atoms with Crippen molar-refractivity contribution in [3.8, 4) is 11.6 Å². The molecule has 0 fully saturated rings. The molecule has 1 aromatic carbocycles. The van der Waals surface area contributed by atoms with Crippen molar-refractivity contribution in [2.24, 2.45) is 0 Å². The predicted octanol–water partition coefficient (Wildman–Crippen LogP) is 0.703. The molecule has 2 N–H and O–H groups in total. The van der Waals surface area contributed by atoms with Crippen molar-refractivity contribution < 1.29 is 0 Å². The fourth-order valence-corrected chi connectivity index (χ4v) is 2.49. The summed E-state index contributed by atoms with van der Waals surface area (Å²) in [6.45, 7) is 2.12. The number of H-pyrrole nitrogens is 2. The summed E-state index contributed by atoms with van der Waals surface area (Å²) in [6, 6.07) is 5.88. The van der Waals surface area contributed by atoms with Crippen LogP contribution < -0.4 is 5.69 Å². The monoisotopic (exact) mass is 296 g/mol. The minimum absolute atomic E-state index is 0.362. The van der Waals surface area contributed by atoms with Crippen LogP contribution >= 0.6 is 0 Å². The lowest BCUT2D eigenvalue weighted by Gasteiger charge is -2.02. The molecule has 3 heterocycles. The predicted molar refractivity (Wildman–Crippen MR) is 78.3 cm³/mol. The molecule has 4 rings (SSSR count). The Hall–Kier alpha value is -3.10. The van der Waals surface area contributed by atoms with Gasteiger partial charge in [-0.3, -0.25) is 0 Å². The first-order valence-corrected chi connectivity index (χ1v) is 6.92. The summed E-state index contributed by atoms with van der Waals surface area (Å²) in [5.41, 5.74) is 1.96. The molecule has 110 valence electrons. The maximum Gasteiger partial charge on any atom is 0.370 e. The molecule has 4 aromatic rings. The molecule has 0 radical (unpaired) electrons. The summed E-state index contributed by atoms with van der Waals surface area (Å²) >= 11 is 0. The Morgan fingerprint density at radius 3 is 2.95 bits per heavy atom. The quantitative estimate of drug-likeness (QED) is 0.574. The number of hydrogen-bond acceptors (Lipinski definition) is 6. The number of nitrogens with zero attached hydrogens (tertiary/aromatic N) is 6. The molecule has 0 amide bonds. The van der Waals surface area contributed by atoms with Crippen LogP contribution in [0.2, 0.25) is 0 Å². The second kappa shape index (κ2) is 4.72. The van der Waals surface area contributed by atoms with E-state index in [0.717, 1.165) is 18.2 Å². The number of aryl methyl sites for hydroxylation is 1. The Morgan fingerprint density at radius 1 is 1.27 bits per heavy atom. The van der Waals surface area contributed by atoms with E-state index in [-0.39, 0.29) is 0 Å². The van der Waals surface area contributed by atoms with Crippen molar-refractivity contribution in [1.82, 2.24) is 40.2 Å². The van der Waals surface area contributed by atoms with E-state index in [2.05, 4.69) is 42.6 Å². The van der Waals surface area contributed by atoms with Gasteiger partial charge >= 0.3 is 5.69 Å². The highest BCUT2D eigenvalue weighted by atomic mass is 16.1. The van der Waals surface area contributed by atoms with E-state index in [9.17, 15) is 4.79 Å². The van der Waals surface area contributed by atoms with E-state index < -0.39 is 5.69 Å². The van der Waals surface area contributed by atoms with E-state index in [1.54, 1.807) is 0 Å². The molecular weight excluding hydrogens is 284 g/mol. The number of aromatic amines is 2. The molecule has 0 aliphatic rings. The molecule has 9 heteroatoms. The van der Waals surface area contributed by atoms with Gasteiger partial charge in [0, 0.05) is 5.39 Å². The number of aromatic nitrogens is 8. The van der Waals surface area contributed by atoms with Crippen molar-refractivity contribution in [3.63, 3.8) is 0 Å². The van der Waals surface area contributed by atoms with Crippen molar-refractivity contribution in [1.29, 1.82) is 0 Å². The van der Waals surface area contributed by atoms with Gasteiger partial charge in [0.2, 0.25) is 5.82 Å². The van der Waals surface area contributed by atoms with Crippen LogP contribution in [-0.4, -0.2) is 40.2 Å². The maximum atomic E-state index is 12.1. The topological polar surface area (TPSA) is 118 Å². The minimum Gasteiger partial charge on any atom is -0.319 e.